The van der Waals surface area contributed by atoms with Crippen LogP contribution in [0.25, 0.3) is 0 Å². The third-order valence-corrected chi connectivity index (χ3v) is 3.55. The SMILES string of the molecule is O=S([O-])C(F)(F)C(F)(F)Sc1ccc(F)cc1F.[Li+]. The summed E-state index contributed by atoms with van der Waals surface area (Å²) in [4.78, 5) is -0.994. The van der Waals surface area contributed by atoms with Gasteiger partial charge in [0.25, 0.3) is 0 Å². The van der Waals surface area contributed by atoms with Crippen molar-refractivity contribution in [3.63, 3.8) is 0 Å². The first-order valence-corrected chi connectivity index (χ1v) is 5.96. The Morgan fingerprint density at radius 3 is 2.11 bits per heavy atom. The summed E-state index contributed by atoms with van der Waals surface area (Å²) >= 11 is -5.38. The van der Waals surface area contributed by atoms with E-state index in [9.17, 15) is 35.1 Å². The van der Waals surface area contributed by atoms with Crippen molar-refractivity contribution in [3.05, 3.63) is 29.8 Å². The number of hydrogen-bond acceptors (Lipinski definition) is 3. The van der Waals surface area contributed by atoms with Gasteiger partial charge in [-0.1, -0.05) is 0 Å². The van der Waals surface area contributed by atoms with Gasteiger partial charge >= 0.3 is 29.4 Å². The van der Waals surface area contributed by atoms with Gasteiger partial charge in [0.15, 0.2) is 0 Å². The molecule has 0 aromatic heterocycles. The molecule has 1 aromatic rings. The van der Waals surface area contributed by atoms with Crippen LogP contribution in [-0.2, 0) is 11.1 Å². The molecule has 0 saturated heterocycles. The van der Waals surface area contributed by atoms with Gasteiger partial charge < -0.3 is 4.55 Å². The van der Waals surface area contributed by atoms with E-state index < -0.39 is 49.9 Å². The Kier molecular flexibility index (Phi) is 6.49. The van der Waals surface area contributed by atoms with Crippen LogP contribution < -0.4 is 18.9 Å². The number of benzene rings is 1. The van der Waals surface area contributed by atoms with Crippen molar-refractivity contribution < 1.29 is 54.0 Å². The van der Waals surface area contributed by atoms with Gasteiger partial charge in [0, 0.05) is 22.0 Å². The molecule has 0 aliphatic rings. The normalized spacial score (nSPS) is 13.8. The van der Waals surface area contributed by atoms with Crippen LogP contribution in [0.15, 0.2) is 23.1 Å². The summed E-state index contributed by atoms with van der Waals surface area (Å²) < 4.78 is 96.7. The van der Waals surface area contributed by atoms with Gasteiger partial charge in [-0.2, -0.15) is 17.6 Å². The smallest absolute Gasteiger partial charge is 0.768 e. The maximum absolute atomic E-state index is 13.0. The predicted molar refractivity (Wildman–Crippen MR) is 51.0 cm³/mol. The van der Waals surface area contributed by atoms with E-state index in [0.29, 0.717) is 12.1 Å². The minimum absolute atomic E-state index is 0. The van der Waals surface area contributed by atoms with Crippen LogP contribution >= 0.6 is 11.8 Å². The van der Waals surface area contributed by atoms with Gasteiger partial charge in [-0.15, -0.1) is 0 Å². The zero-order chi connectivity index (χ0) is 14.1. The standard InChI is InChI=1S/C8H4F6O2S2.Li/c9-4-1-2-6(5(10)3-4)17-7(11,12)8(13,14)18(15)16;/h1-3H,(H,15,16);/q;+1/p-1. The van der Waals surface area contributed by atoms with Gasteiger partial charge in [0.2, 0.25) is 0 Å². The second-order valence-corrected chi connectivity index (χ2v) is 5.08. The van der Waals surface area contributed by atoms with Crippen molar-refractivity contribution in [1.29, 1.82) is 0 Å². The molecule has 0 N–H and O–H groups in total. The topological polar surface area (TPSA) is 40.1 Å². The summed E-state index contributed by atoms with van der Waals surface area (Å²) in [5.74, 6) is -2.58. The van der Waals surface area contributed by atoms with Crippen molar-refractivity contribution in [1.82, 2.24) is 0 Å². The number of alkyl halides is 4. The molecule has 0 saturated carbocycles. The fourth-order valence-electron chi connectivity index (χ4n) is 0.853. The van der Waals surface area contributed by atoms with Crippen molar-refractivity contribution in [2.45, 2.75) is 15.4 Å². The number of rotatable bonds is 4. The van der Waals surface area contributed by atoms with Crippen LogP contribution in [0.2, 0.25) is 0 Å². The van der Waals surface area contributed by atoms with E-state index >= 15 is 0 Å². The molecule has 0 bridgehead atoms. The first-order chi connectivity index (χ1) is 8.08. The maximum Gasteiger partial charge on any atom is 1.00 e. The Labute approximate surface area is 122 Å². The minimum Gasteiger partial charge on any atom is -0.768 e. The Bertz CT molecular complexity index is 484. The fourth-order valence-corrected chi connectivity index (χ4v) is 2.06. The van der Waals surface area contributed by atoms with E-state index in [-0.39, 0.29) is 24.9 Å². The zero-order valence-corrected chi connectivity index (χ0v) is 10.8. The summed E-state index contributed by atoms with van der Waals surface area (Å²) in [6, 6.07) is 1.30. The van der Waals surface area contributed by atoms with Crippen molar-refractivity contribution >= 4 is 22.8 Å². The maximum atomic E-state index is 13.0. The van der Waals surface area contributed by atoms with Gasteiger partial charge in [-0.3, -0.25) is 4.21 Å². The van der Waals surface area contributed by atoms with E-state index in [0.717, 1.165) is 0 Å². The molecule has 1 unspecified atom stereocenters. The largest absolute Gasteiger partial charge is 1.00 e. The molecular weight excluding hydrogens is 313 g/mol. The summed E-state index contributed by atoms with van der Waals surface area (Å²) in [5, 5.41) is -10.5. The molecule has 0 amide bonds. The molecule has 0 spiro atoms. The first-order valence-electron chi connectivity index (χ1n) is 4.07. The second-order valence-electron chi connectivity index (χ2n) is 2.95. The van der Waals surface area contributed by atoms with Gasteiger partial charge in [-0.25, -0.2) is 8.78 Å². The van der Waals surface area contributed by atoms with Crippen LogP contribution in [0.5, 0.6) is 0 Å². The zero-order valence-electron chi connectivity index (χ0n) is 9.13. The van der Waals surface area contributed by atoms with Gasteiger partial charge in [0.05, 0.1) is 0 Å². The summed E-state index contributed by atoms with van der Waals surface area (Å²) in [7, 11) is 0. The molecule has 0 heterocycles. The third kappa shape index (κ3) is 4.16. The van der Waals surface area contributed by atoms with Crippen molar-refractivity contribution in [2.75, 3.05) is 0 Å². The van der Waals surface area contributed by atoms with Crippen LogP contribution in [0.3, 0.4) is 0 Å². The van der Waals surface area contributed by atoms with E-state index in [1.807, 2.05) is 0 Å². The molecule has 0 radical (unpaired) electrons. The third-order valence-electron chi connectivity index (χ3n) is 1.68. The minimum atomic E-state index is -5.38. The fraction of sp³-hybridized carbons (Fsp3) is 0.250. The molecule has 1 rings (SSSR count). The molecule has 0 fully saturated rings. The monoisotopic (exact) mass is 316 g/mol. The molecule has 0 aliphatic heterocycles. The molecule has 0 aliphatic carbocycles. The number of thioether (sulfide) groups is 1. The quantitative estimate of drug-likeness (QED) is 0.343. The molecule has 19 heavy (non-hydrogen) atoms. The Morgan fingerprint density at radius 1 is 1.16 bits per heavy atom. The average molecular weight is 316 g/mol. The molecular formula is C8H3F6LiO2S2. The Morgan fingerprint density at radius 2 is 1.68 bits per heavy atom. The predicted octanol–water partition coefficient (Wildman–Crippen LogP) is 0.126. The number of halogens is 6. The van der Waals surface area contributed by atoms with Crippen LogP contribution in [0, 0.1) is 11.6 Å². The van der Waals surface area contributed by atoms with Gasteiger partial charge in [-0.05, 0) is 23.9 Å². The average Bonchev–Trinajstić information content (AvgIpc) is 2.21. The number of hydrogen-bond donors (Lipinski definition) is 0. The van der Waals surface area contributed by atoms with Crippen molar-refractivity contribution in [3.8, 4) is 0 Å². The van der Waals surface area contributed by atoms with E-state index in [1.165, 1.54) is 0 Å². The summed E-state index contributed by atoms with van der Waals surface area (Å²) in [6.07, 6.45) is 0. The summed E-state index contributed by atoms with van der Waals surface area (Å²) in [6.45, 7) is 0. The molecule has 1 aromatic carbocycles. The van der Waals surface area contributed by atoms with Crippen LogP contribution in [0.1, 0.15) is 0 Å². The van der Waals surface area contributed by atoms with Crippen LogP contribution in [-0.4, -0.2) is 19.3 Å². The van der Waals surface area contributed by atoms with E-state index in [4.69, 9.17) is 0 Å². The van der Waals surface area contributed by atoms with E-state index in [2.05, 4.69) is 0 Å². The summed E-state index contributed by atoms with van der Waals surface area (Å²) in [5.41, 5.74) is 0. The Balaban J connectivity index is 0.00000324. The molecule has 11 heteroatoms. The molecule has 1 atom stereocenters. The van der Waals surface area contributed by atoms with Crippen LogP contribution in [0.4, 0.5) is 26.3 Å². The second kappa shape index (κ2) is 6.54. The molecule has 2 nitrogen and oxygen atoms in total. The van der Waals surface area contributed by atoms with Crippen molar-refractivity contribution in [2.24, 2.45) is 0 Å². The van der Waals surface area contributed by atoms with Gasteiger partial charge in [0.1, 0.15) is 11.6 Å². The first kappa shape index (κ1) is 18.9. The Hall–Kier alpha value is -0.143. The molecule has 102 valence electrons. The van der Waals surface area contributed by atoms with E-state index in [1.54, 1.807) is 0 Å².